The van der Waals surface area contributed by atoms with Crippen molar-refractivity contribution in [2.75, 3.05) is 11.9 Å². The number of anilines is 1. The molecule has 0 bridgehead atoms. The second-order valence-corrected chi connectivity index (χ2v) is 7.28. The fourth-order valence-electron chi connectivity index (χ4n) is 3.04. The SMILES string of the molecule is Cc1cccc2sc(NC(=O)CCCN3C(=O)c4cccnc4C3=O)nc12. The minimum absolute atomic E-state index is 0.178. The summed E-state index contributed by atoms with van der Waals surface area (Å²) in [7, 11) is 0. The van der Waals surface area contributed by atoms with Crippen molar-refractivity contribution < 1.29 is 14.4 Å². The normalized spacial score (nSPS) is 13.3. The summed E-state index contributed by atoms with van der Waals surface area (Å²) in [5.74, 6) is -0.954. The molecule has 0 aliphatic carbocycles. The van der Waals surface area contributed by atoms with Gasteiger partial charge in [0.2, 0.25) is 5.91 Å². The molecule has 136 valence electrons. The van der Waals surface area contributed by atoms with Gasteiger partial charge in [0.1, 0.15) is 5.69 Å². The van der Waals surface area contributed by atoms with Crippen molar-refractivity contribution in [1.29, 1.82) is 0 Å². The van der Waals surface area contributed by atoms with E-state index in [4.69, 9.17) is 0 Å². The van der Waals surface area contributed by atoms with Crippen molar-refractivity contribution in [3.8, 4) is 0 Å². The van der Waals surface area contributed by atoms with Gasteiger partial charge in [0.15, 0.2) is 5.13 Å². The molecule has 1 aromatic carbocycles. The van der Waals surface area contributed by atoms with Gasteiger partial charge >= 0.3 is 0 Å². The van der Waals surface area contributed by atoms with Crippen LogP contribution >= 0.6 is 11.3 Å². The second kappa shape index (κ2) is 6.88. The van der Waals surface area contributed by atoms with E-state index in [0.717, 1.165) is 20.7 Å². The summed E-state index contributed by atoms with van der Waals surface area (Å²) in [6.45, 7) is 2.16. The van der Waals surface area contributed by atoms with Crippen LogP contribution in [0.5, 0.6) is 0 Å². The molecule has 1 N–H and O–H groups in total. The van der Waals surface area contributed by atoms with E-state index in [0.29, 0.717) is 17.1 Å². The molecule has 0 saturated carbocycles. The molecule has 0 spiro atoms. The monoisotopic (exact) mass is 380 g/mol. The van der Waals surface area contributed by atoms with Crippen LogP contribution in [-0.2, 0) is 4.79 Å². The first kappa shape index (κ1) is 17.3. The lowest BCUT2D eigenvalue weighted by molar-refractivity contribution is -0.116. The Kier molecular flexibility index (Phi) is 4.41. The van der Waals surface area contributed by atoms with Crippen molar-refractivity contribution in [2.45, 2.75) is 19.8 Å². The van der Waals surface area contributed by atoms with E-state index < -0.39 is 5.91 Å². The van der Waals surface area contributed by atoms with E-state index >= 15 is 0 Å². The van der Waals surface area contributed by atoms with Crippen LogP contribution in [0.3, 0.4) is 0 Å². The molecular formula is C19H16N4O3S. The van der Waals surface area contributed by atoms with E-state index in [9.17, 15) is 14.4 Å². The van der Waals surface area contributed by atoms with Gasteiger partial charge in [0.25, 0.3) is 11.8 Å². The number of benzene rings is 1. The first-order valence-electron chi connectivity index (χ1n) is 8.52. The molecule has 0 fully saturated rings. The molecule has 3 heterocycles. The van der Waals surface area contributed by atoms with Crippen LogP contribution in [0.1, 0.15) is 39.3 Å². The fraction of sp³-hybridized carbons (Fsp3) is 0.211. The van der Waals surface area contributed by atoms with E-state index in [1.54, 1.807) is 12.1 Å². The number of thiazole rings is 1. The first-order valence-corrected chi connectivity index (χ1v) is 9.33. The van der Waals surface area contributed by atoms with Crippen molar-refractivity contribution in [3.63, 3.8) is 0 Å². The van der Waals surface area contributed by atoms with Crippen LogP contribution in [0.4, 0.5) is 5.13 Å². The summed E-state index contributed by atoms with van der Waals surface area (Å²) in [5, 5.41) is 3.34. The van der Waals surface area contributed by atoms with Crippen LogP contribution in [0.2, 0.25) is 0 Å². The maximum Gasteiger partial charge on any atom is 0.280 e. The van der Waals surface area contributed by atoms with Gasteiger partial charge in [-0.3, -0.25) is 24.3 Å². The zero-order chi connectivity index (χ0) is 19.0. The van der Waals surface area contributed by atoms with Gasteiger partial charge in [-0.05, 0) is 37.1 Å². The maximum atomic E-state index is 12.3. The third-order valence-electron chi connectivity index (χ3n) is 4.38. The Morgan fingerprint density at radius 2 is 2.04 bits per heavy atom. The molecule has 3 aromatic rings. The van der Waals surface area contributed by atoms with Crippen LogP contribution in [0, 0.1) is 6.92 Å². The number of carbonyl (C=O) groups excluding carboxylic acids is 3. The molecule has 1 aliphatic heterocycles. The lowest BCUT2D eigenvalue weighted by Crippen LogP contribution is -2.31. The number of hydrogen-bond donors (Lipinski definition) is 1. The quantitative estimate of drug-likeness (QED) is 0.687. The van der Waals surface area contributed by atoms with Crippen molar-refractivity contribution in [3.05, 3.63) is 53.3 Å². The standard InChI is InChI=1S/C19H16N4O3S/c1-11-5-2-7-13-15(11)22-19(27-13)21-14(24)8-4-10-23-17(25)12-6-3-9-20-16(12)18(23)26/h2-3,5-7,9H,4,8,10H2,1H3,(H,21,22,24). The minimum Gasteiger partial charge on any atom is -0.302 e. The number of nitrogens with zero attached hydrogens (tertiary/aromatic N) is 3. The largest absolute Gasteiger partial charge is 0.302 e. The number of amides is 3. The number of imide groups is 1. The summed E-state index contributed by atoms with van der Waals surface area (Å²) in [6.07, 6.45) is 2.05. The molecule has 0 saturated heterocycles. The predicted molar refractivity (Wildman–Crippen MR) is 102 cm³/mol. The lowest BCUT2D eigenvalue weighted by Gasteiger charge is -2.12. The Morgan fingerprint density at radius 1 is 1.19 bits per heavy atom. The topological polar surface area (TPSA) is 92.3 Å². The lowest BCUT2D eigenvalue weighted by atomic mass is 10.2. The Morgan fingerprint density at radius 3 is 2.81 bits per heavy atom. The van der Waals surface area contributed by atoms with Crippen LogP contribution in [0.15, 0.2) is 36.5 Å². The summed E-state index contributed by atoms with van der Waals surface area (Å²) < 4.78 is 1.02. The maximum absolute atomic E-state index is 12.3. The van der Waals surface area contributed by atoms with E-state index in [-0.39, 0.29) is 30.5 Å². The van der Waals surface area contributed by atoms with Crippen LogP contribution in [-0.4, -0.2) is 39.1 Å². The fourth-order valence-corrected chi connectivity index (χ4v) is 4.00. The molecule has 8 heteroatoms. The highest BCUT2D eigenvalue weighted by molar-refractivity contribution is 7.22. The second-order valence-electron chi connectivity index (χ2n) is 6.25. The molecule has 0 radical (unpaired) electrons. The van der Waals surface area contributed by atoms with Gasteiger partial charge in [0.05, 0.1) is 15.8 Å². The minimum atomic E-state index is -0.405. The highest BCUT2D eigenvalue weighted by Crippen LogP contribution is 2.28. The zero-order valence-electron chi connectivity index (χ0n) is 14.6. The number of nitrogens with one attached hydrogen (secondary N) is 1. The molecule has 3 amide bonds. The Bertz CT molecular complexity index is 1040. The van der Waals surface area contributed by atoms with E-state index in [2.05, 4.69) is 15.3 Å². The van der Waals surface area contributed by atoms with E-state index in [1.165, 1.54) is 17.5 Å². The summed E-state index contributed by atoms with van der Waals surface area (Å²) in [4.78, 5) is 46.2. The van der Waals surface area contributed by atoms with Gasteiger partial charge < -0.3 is 5.32 Å². The summed E-state index contributed by atoms with van der Waals surface area (Å²) in [5.41, 5.74) is 2.44. The third-order valence-corrected chi connectivity index (χ3v) is 5.32. The smallest absolute Gasteiger partial charge is 0.280 e. The molecular weight excluding hydrogens is 364 g/mol. The number of pyridine rings is 1. The van der Waals surface area contributed by atoms with Gasteiger partial charge in [-0.1, -0.05) is 23.5 Å². The Labute approximate surface area is 159 Å². The van der Waals surface area contributed by atoms with Gasteiger partial charge in [-0.25, -0.2) is 4.98 Å². The van der Waals surface area contributed by atoms with Crippen molar-refractivity contribution >= 4 is 44.4 Å². The third kappa shape index (κ3) is 3.19. The molecule has 0 atom stereocenters. The number of rotatable bonds is 5. The van der Waals surface area contributed by atoms with Crippen LogP contribution < -0.4 is 5.32 Å². The molecule has 7 nitrogen and oxygen atoms in total. The first-order chi connectivity index (χ1) is 13.0. The Hall–Kier alpha value is -3.13. The van der Waals surface area contributed by atoms with Gasteiger partial charge in [0, 0.05) is 19.2 Å². The molecule has 2 aromatic heterocycles. The van der Waals surface area contributed by atoms with Crippen LogP contribution in [0.25, 0.3) is 10.2 Å². The molecule has 27 heavy (non-hydrogen) atoms. The number of fused-ring (bicyclic) bond motifs is 2. The summed E-state index contributed by atoms with van der Waals surface area (Å²) in [6, 6.07) is 9.11. The highest BCUT2D eigenvalue weighted by atomic mass is 32.1. The number of hydrogen-bond acceptors (Lipinski definition) is 6. The number of carbonyl (C=O) groups is 3. The van der Waals surface area contributed by atoms with Gasteiger partial charge in [-0.15, -0.1) is 0 Å². The van der Waals surface area contributed by atoms with Crippen molar-refractivity contribution in [2.24, 2.45) is 0 Å². The van der Waals surface area contributed by atoms with Gasteiger partial charge in [-0.2, -0.15) is 0 Å². The predicted octanol–water partition coefficient (Wildman–Crippen LogP) is 3.01. The van der Waals surface area contributed by atoms with Crippen molar-refractivity contribution in [1.82, 2.24) is 14.9 Å². The average Bonchev–Trinajstić information content (AvgIpc) is 3.17. The molecule has 1 aliphatic rings. The summed E-state index contributed by atoms with van der Waals surface area (Å²) >= 11 is 1.42. The number of aromatic nitrogens is 2. The zero-order valence-corrected chi connectivity index (χ0v) is 15.4. The van der Waals surface area contributed by atoms with E-state index in [1.807, 2.05) is 25.1 Å². The molecule has 0 unspecified atom stereocenters. The number of para-hydroxylation sites is 1. The number of aryl methyl sites for hydroxylation is 1. The molecule has 4 rings (SSSR count). The Balaban J connectivity index is 1.34. The highest BCUT2D eigenvalue weighted by Gasteiger charge is 2.36. The average molecular weight is 380 g/mol.